The molecule has 1 atom stereocenters. The fraction of sp³-hybridized carbons (Fsp3) is 0.120. The summed E-state index contributed by atoms with van der Waals surface area (Å²) in [6.07, 6.45) is 1.56. The molecule has 0 saturated carbocycles. The van der Waals surface area contributed by atoms with E-state index in [-0.39, 0.29) is 19.1 Å². The number of hydrogen-bond donors (Lipinski definition) is 2. The molecule has 0 spiro atoms. The molecule has 4 aromatic rings. The second-order valence-electron chi connectivity index (χ2n) is 7.52. The molecule has 1 aliphatic heterocycles. The topological polar surface area (TPSA) is 89.9 Å². The molecule has 34 heavy (non-hydrogen) atoms. The first kappa shape index (κ1) is 22.1. The van der Waals surface area contributed by atoms with Crippen molar-refractivity contribution in [3.63, 3.8) is 0 Å². The summed E-state index contributed by atoms with van der Waals surface area (Å²) >= 11 is 12.9. The van der Waals surface area contributed by atoms with Gasteiger partial charge in [0.25, 0.3) is 5.91 Å². The molecule has 0 fully saturated rings. The number of rotatable bonds is 6. The molecule has 7 nitrogen and oxygen atoms in total. The second-order valence-corrected chi connectivity index (χ2v) is 8.34. The van der Waals surface area contributed by atoms with Gasteiger partial charge in [-0.15, -0.1) is 0 Å². The van der Waals surface area contributed by atoms with Crippen LogP contribution in [0.3, 0.4) is 0 Å². The molecule has 3 aromatic carbocycles. The number of phenols is 1. The Morgan fingerprint density at radius 3 is 2.71 bits per heavy atom. The molecular weight excluding hydrogens is 479 g/mol. The SMILES string of the molecule is O=C(COc1ccc2c(c1)OCO2)NC(c1ccccc1Cl)c1cc(Cl)c2cccnc2c1O. The van der Waals surface area contributed by atoms with Gasteiger partial charge < -0.3 is 24.6 Å². The molecule has 5 rings (SSSR count). The molecular formula is C25H18Cl2N2O5. The second kappa shape index (κ2) is 9.29. The first-order chi connectivity index (χ1) is 16.5. The number of halogens is 2. The predicted molar refractivity (Wildman–Crippen MR) is 128 cm³/mol. The van der Waals surface area contributed by atoms with E-state index >= 15 is 0 Å². The minimum Gasteiger partial charge on any atom is -0.505 e. The van der Waals surface area contributed by atoms with E-state index in [1.54, 1.807) is 66.9 Å². The van der Waals surface area contributed by atoms with Gasteiger partial charge in [-0.05, 0) is 42.0 Å². The van der Waals surface area contributed by atoms with E-state index in [9.17, 15) is 9.90 Å². The van der Waals surface area contributed by atoms with Crippen molar-refractivity contribution in [3.8, 4) is 23.0 Å². The number of benzene rings is 3. The van der Waals surface area contributed by atoms with Crippen molar-refractivity contribution < 1.29 is 24.1 Å². The Labute approximate surface area is 204 Å². The summed E-state index contributed by atoms with van der Waals surface area (Å²) in [4.78, 5) is 17.2. The van der Waals surface area contributed by atoms with Crippen molar-refractivity contribution in [3.05, 3.63) is 88.0 Å². The van der Waals surface area contributed by atoms with Crippen LogP contribution in [-0.2, 0) is 4.79 Å². The number of pyridine rings is 1. The van der Waals surface area contributed by atoms with Crippen LogP contribution < -0.4 is 19.5 Å². The van der Waals surface area contributed by atoms with Gasteiger partial charge >= 0.3 is 0 Å². The van der Waals surface area contributed by atoms with Crippen molar-refractivity contribution in [1.82, 2.24) is 10.3 Å². The summed E-state index contributed by atoms with van der Waals surface area (Å²) in [5.41, 5.74) is 1.27. The largest absolute Gasteiger partial charge is 0.505 e. The average Bonchev–Trinajstić information content (AvgIpc) is 3.32. The maximum atomic E-state index is 12.9. The van der Waals surface area contributed by atoms with Crippen LogP contribution in [0.25, 0.3) is 10.9 Å². The molecule has 0 saturated heterocycles. The average molecular weight is 497 g/mol. The molecule has 0 aliphatic carbocycles. The highest BCUT2D eigenvalue weighted by molar-refractivity contribution is 6.35. The molecule has 1 aromatic heterocycles. The van der Waals surface area contributed by atoms with Gasteiger partial charge in [0.05, 0.1) is 11.1 Å². The lowest BCUT2D eigenvalue weighted by Gasteiger charge is -2.23. The van der Waals surface area contributed by atoms with Crippen LogP contribution in [-0.4, -0.2) is 29.4 Å². The van der Waals surface area contributed by atoms with Gasteiger partial charge in [-0.3, -0.25) is 9.78 Å². The number of amides is 1. The zero-order valence-electron chi connectivity index (χ0n) is 17.6. The zero-order valence-corrected chi connectivity index (χ0v) is 19.1. The minimum absolute atomic E-state index is 0.0955. The van der Waals surface area contributed by atoms with E-state index in [1.807, 2.05) is 0 Å². The number of nitrogens with one attached hydrogen (secondary N) is 1. The molecule has 172 valence electrons. The van der Waals surface area contributed by atoms with Crippen LogP contribution in [0.5, 0.6) is 23.0 Å². The van der Waals surface area contributed by atoms with Crippen molar-refractivity contribution in [2.24, 2.45) is 0 Å². The number of fused-ring (bicyclic) bond motifs is 2. The van der Waals surface area contributed by atoms with Crippen molar-refractivity contribution in [1.29, 1.82) is 0 Å². The maximum absolute atomic E-state index is 12.9. The number of nitrogens with zero attached hydrogens (tertiary/aromatic N) is 1. The summed E-state index contributed by atoms with van der Waals surface area (Å²) in [6, 6.07) is 16.4. The Bertz CT molecular complexity index is 1400. The van der Waals surface area contributed by atoms with Gasteiger partial charge in [-0.1, -0.05) is 41.4 Å². The first-order valence-corrected chi connectivity index (χ1v) is 11.1. The summed E-state index contributed by atoms with van der Waals surface area (Å²) in [6.45, 7) is -0.133. The Kier molecular flexibility index (Phi) is 6.04. The van der Waals surface area contributed by atoms with Crippen molar-refractivity contribution in [2.45, 2.75) is 6.04 Å². The van der Waals surface area contributed by atoms with Gasteiger partial charge in [0.2, 0.25) is 6.79 Å². The number of aromatic nitrogens is 1. The first-order valence-electron chi connectivity index (χ1n) is 10.3. The van der Waals surface area contributed by atoms with Gasteiger partial charge in [0.1, 0.15) is 17.0 Å². The summed E-state index contributed by atoms with van der Waals surface area (Å²) in [7, 11) is 0. The van der Waals surface area contributed by atoms with Crippen LogP contribution in [0.4, 0.5) is 0 Å². The highest BCUT2D eigenvalue weighted by Crippen LogP contribution is 2.40. The van der Waals surface area contributed by atoms with Crippen LogP contribution in [0, 0.1) is 0 Å². The van der Waals surface area contributed by atoms with E-state index in [4.69, 9.17) is 37.4 Å². The molecule has 9 heteroatoms. The molecule has 0 radical (unpaired) electrons. The highest BCUT2D eigenvalue weighted by atomic mass is 35.5. The lowest BCUT2D eigenvalue weighted by Crippen LogP contribution is -2.33. The van der Waals surface area contributed by atoms with E-state index in [2.05, 4.69) is 10.3 Å². The molecule has 2 N–H and O–H groups in total. The number of hydrogen-bond acceptors (Lipinski definition) is 6. The van der Waals surface area contributed by atoms with Gasteiger partial charge in [-0.25, -0.2) is 0 Å². The van der Waals surface area contributed by atoms with E-state index in [0.717, 1.165) is 0 Å². The van der Waals surface area contributed by atoms with E-state index in [1.165, 1.54) is 0 Å². The number of phenolic OH excluding ortho intramolecular Hbond substituents is 1. The number of ether oxygens (including phenoxy) is 3. The minimum atomic E-state index is -0.800. The van der Waals surface area contributed by atoms with Crippen LogP contribution in [0.2, 0.25) is 10.0 Å². The molecule has 0 bridgehead atoms. The number of carbonyl (C=O) groups excluding carboxylic acids is 1. The summed E-state index contributed by atoms with van der Waals surface area (Å²) in [5.74, 6) is 1.10. The third-order valence-electron chi connectivity index (χ3n) is 5.39. The van der Waals surface area contributed by atoms with Gasteiger partial charge in [0.15, 0.2) is 18.1 Å². The quantitative estimate of drug-likeness (QED) is 0.378. The predicted octanol–water partition coefficient (Wildman–Crippen LogP) is 5.26. The van der Waals surface area contributed by atoms with Gasteiger partial charge in [-0.2, -0.15) is 0 Å². The number of aromatic hydroxyl groups is 1. The van der Waals surface area contributed by atoms with Crippen LogP contribution in [0.1, 0.15) is 17.2 Å². The standard InChI is InChI=1S/C25H18Cl2N2O5/c26-18-6-2-1-4-15(18)23(17-11-19(27)16-5-3-9-28-24(16)25(17)31)29-22(30)12-32-14-7-8-20-21(10-14)34-13-33-20/h1-11,23,31H,12-13H2,(H,29,30). The van der Waals surface area contributed by atoms with E-state index in [0.29, 0.717) is 49.3 Å². The lowest BCUT2D eigenvalue weighted by molar-refractivity contribution is -0.123. The molecule has 1 aliphatic rings. The molecule has 2 heterocycles. The Morgan fingerprint density at radius 2 is 1.85 bits per heavy atom. The maximum Gasteiger partial charge on any atom is 0.258 e. The fourth-order valence-electron chi connectivity index (χ4n) is 3.78. The Balaban J connectivity index is 1.44. The lowest BCUT2D eigenvalue weighted by atomic mass is 9.96. The third kappa shape index (κ3) is 4.27. The van der Waals surface area contributed by atoms with Gasteiger partial charge in [0, 0.05) is 28.2 Å². The third-order valence-corrected chi connectivity index (χ3v) is 6.05. The number of carbonyl (C=O) groups is 1. The summed E-state index contributed by atoms with van der Waals surface area (Å²) in [5, 5.41) is 15.3. The Hall–Kier alpha value is -3.68. The van der Waals surface area contributed by atoms with Crippen molar-refractivity contribution in [2.75, 3.05) is 13.4 Å². The normalized spacial score (nSPS) is 13.0. The van der Waals surface area contributed by atoms with E-state index < -0.39 is 11.9 Å². The van der Waals surface area contributed by atoms with Crippen LogP contribution in [0.15, 0.2) is 66.9 Å². The molecule has 1 amide bonds. The highest BCUT2D eigenvalue weighted by Gasteiger charge is 2.25. The van der Waals surface area contributed by atoms with Crippen molar-refractivity contribution >= 4 is 40.0 Å². The zero-order chi connectivity index (χ0) is 23.7. The fourth-order valence-corrected chi connectivity index (χ4v) is 4.29. The monoisotopic (exact) mass is 496 g/mol. The Morgan fingerprint density at radius 1 is 1.03 bits per heavy atom. The molecule has 1 unspecified atom stereocenters. The summed E-state index contributed by atoms with van der Waals surface area (Å²) < 4.78 is 16.3. The van der Waals surface area contributed by atoms with Crippen LogP contribution >= 0.6 is 23.2 Å². The smallest absolute Gasteiger partial charge is 0.258 e.